The fraction of sp³-hybridized carbons (Fsp3) is 0.174. The third-order valence-corrected chi connectivity index (χ3v) is 5.38. The minimum absolute atomic E-state index is 0.0798. The van der Waals surface area contributed by atoms with Crippen molar-refractivity contribution in [1.82, 2.24) is 19.9 Å². The predicted octanol–water partition coefficient (Wildman–Crippen LogP) is 5.87. The summed E-state index contributed by atoms with van der Waals surface area (Å²) < 4.78 is 42.0. The highest BCUT2D eigenvalue weighted by molar-refractivity contribution is 6.36. The number of fused-ring (bicyclic) bond motifs is 1. The summed E-state index contributed by atoms with van der Waals surface area (Å²) in [6, 6.07) is 16.5. The van der Waals surface area contributed by atoms with E-state index in [1.807, 2.05) is 37.3 Å². The van der Waals surface area contributed by atoms with E-state index in [9.17, 15) is 18.0 Å². The van der Waals surface area contributed by atoms with Gasteiger partial charge in [-0.25, -0.2) is 9.50 Å². The molecular formula is C23H18ClF3N4O. The smallest absolute Gasteiger partial charge is 0.344 e. The van der Waals surface area contributed by atoms with Gasteiger partial charge >= 0.3 is 6.18 Å². The van der Waals surface area contributed by atoms with Crippen molar-refractivity contribution in [1.29, 1.82) is 0 Å². The summed E-state index contributed by atoms with van der Waals surface area (Å²) in [5.41, 5.74) is 0.718. The Morgan fingerprint density at radius 2 is 1.75 bits per heavy atom. The molecule has 2 aromatic carbocycles. The normalized spacial score (nSPS) is 12.7. The van der Waals surface area contributed by atoms with Gasteiger partial charge in [-0.1, -0.05) is 71.8 Å². The van der Waals surface area contributed by atoms with Crippen LogP contribution in [0.25, 0.3) is 16.9 Å². The molecule has 32 heavy (non-hydrogen) atoms. The molecule has 2 heterocycles. The molecule has 0 aliphatic rings. The second-order valence-electron chi connectivity index (χ2n) is 7.39. The summed E-state index contributed by atoms with van der Waals surface area (Å²) in [4.78, 5) is 17.1. The summed E-state index contributed by atoms with van der Waals surface area (Å²) in [6.45, 7) is 3.63. The summed E-state index contributed by atoms with van der Waals surface area (Å²) in [6.07, 6.45) is -4.74. The zero-order valence-electron chi connectivity index (χ0n) is 17.1. The summed E-state index contributed by atoms with van der Waals surface area (Å²) in [7, 11) is 0. The Hall–Kier alpha value is -3.39. The number of carbonyl (C=O) groups excluding carboxylic acids is 1. The predicted molar refractivity (Wildman–Crippen MR) is 115 cm³/mol. The van der Waals surface area contributed by atoms with Gasteiger partial charge in [0.05, 0.1) is 11.7 Å². The van der Waals surface area contributed by atoms with E-state index in [0.717, 1.165) is 17.2 Å². The van der Waals surface area contributed by atoms with Crippen molar-refractivity contribution in [2.24, 2.45) is 0 Å². The molecule has 0 radical (unpaired) electrons. The highest BCUT2D eigenvalue weighted by Crippen LogP contribution is 2.34. The van der Waals surface area contributed by atoms with E-state index < -0.39 is 23.8 Å². The van der Waals surface area contributed by atoms with Crippen molar-refractivity contribution >= 4 is 23.2 Å². The molecule has 0 saturated carbocycles. The number of rotatable bonds is 4. The molecule has 9 heteroatoms. The molecule has 0 spiro atoms. The number of benzene rings is 2. The van der Waals surface area contributed by atoms with Crippen molar-refractivity contribution in [3.63, 3.8) is 0 Å². The van der Waals surface area contributed by atoms with E-state index in [4.69, 9.17) is 11.6 Å². The molecule has 0 bridgehead atoms. The molecule has 1 amide bonds. The lowest BCUT2D eigenvalue weighted by Gasteiger charge is -2.13. The maximum Gasteiger partial charge on any atom is 0.433 e. The van der Waals surface area contributed by atoms with E-state index >= 15 is 0 Å². The first-order valence-corrected chi connectivity index (χ1v) is 10.1. The van der Waals surface area contributed by atoms with Gasteiger partial charge in [0.25, 0.3) is 5.91 Å². The summed E-state index contributed by atoms with van der Waals surface area (Å²) in [5.74, 6) is -0.693. The molecule has 5 nitrogen and oxygen atoms in total. The van der Waals surface area contributed by atoms with Crippen LogP contribution in [0.1, 0.15) is 40.3 Å². The molecule has 1 N–H and O–H groups in total. The lowest BCUT2D eigenvalue weighted by molar-refractivity contribution is -0.142. The molecule has 4 aromatic rings. The van der Waals surface area contributed by atoms with Gasteiger partial charge in [0.2, 0.25) is 0 Å². The zero-order valence-corrected chi connectivity index (χ0v) is 17.9. The summed E-state index contributed by atoms with van der Waals surface area (Å²) >= 11 is 6.31. The molecule has 164 valence electrons. The second kappa shape index (κ2) is 8.27. The van der Waals surface area contributed by atoms with Crippen LogP contribution in [-0.2, 0) is 6.18 Å². The topological polar surface area (TPSA) is 59.3 Å². The van der Waals surface area contributed by atoms with Crippen LogP contribution < -0.4 is 5.32 Å². The molecule has 0 aliphatic heterocycles. The van der Waals surface area contributed by atoms with Crippen molar-refractivity contribution in [3.8, 4) is 11.3 Å². The average Bonchev–Trinajstić information content (AvgIpc) is 3.10. The standard InChI is InChI=1S/C23H18ClF3N4O/c1-13-8-10-16(11-9-13)17-12-18(23(25,26)27)31-21(29-17)19(24)20(30-31)22(32)28-14(2)15-6-4-3-5-7-15/h3-12,14H,1-2H3,(H,28,32)/t14-/m1/s1. The Balaban J connectivity index is 1.79. The van der Waals surface area contributed by atoms with Gasteiger partial charge in [0, 0.05) is 5.56 Å². The number of nitrogens with zero attached hydrogens (tertiary/aromatic N) is 3. The van der Waals surface area contributed by atoms with Gasteiger partial charge in [-0.05, 0) is 25.5 Å². The lowest BCUT2D eigenvalue weighted by atomic mass is 10.1. The first-order valence-electron chi connectivity index (χ1n) is 9.74. The monoisotopic (exact) mass is 458 g/mol. The van der Waals surface area contributed by atoms with E-state index in [-0.39, 0.29) is 22.1 Å². The molecular weight excluding hydrogens is 441 g/mol. The number of nitrogens with one attached hydrogen (secondary N) is 1. The minimum Gasteiger partial charge on any atom is -0.344 e. The number of aromatic nitrogens is 3. The Kier molecular flexibility index (Phi) is 5.64. The number of amides is 1. The van der Waals surface area contributed by atoms with Gasteiger partial charge < -0.3 is 5.32 Å². The Morgan fingerprint density at radius 1 is 1.09 bits per heavy atom. The van der Waals surface area contributed by atoms with Gasteiger partial charge in [-0.3, -0.25) is 4.79 Å². The molecule has 1 atom stereocenters. The van der Waals surface area contributed by atoms with E-state index in [0.29, 0.717) is 10.1 Å². The molecule has 4 rings (SSSR count). The maximum atomic E-state index is 13.8. The van der Waals surface area contributed by atoms with Crippen molar-refractivity contribution in [2.45, 2.75) is 26.1 Å². The highest BCUT2D eigenvalue weighted by Gasteiger charge is 2.36. The largest absolute Gasteiger partial charge is 0.433 e. The zero-order chi connectivity index (χ0) is 23.0. The van der Waals surface area contributed by atoms with Crippen LogP contribution in [0, 0.1) is 6.92 Å². The number of alkyl halides is 3. The van der Waals surface area contributed by atoms with Crippen LogP contribution in [0.15, 0.2) is 60.7 Å². The summed E-state index contributed by atoms with van der Waals surface area (Å²) in [5, 5.41) is 6.33. The fourth-order valence-electron chi connectivity index (χ4n) is 3.30. The van der Waals surface area contributed by atoms with Crippen molar-refractivity contribution < 1.29 is 18.0 Å². The van der Waals surface area contributed by atoms with Gasteiger partial charge in [-0.15, -0.1) is 0 Å². The molecule has 0 aliphatic carbocycles. The number of hydrogen-bond donors (Lipinski definition) is 1. The van der Waals surface area contributed by atoms with Crippen LogP contribution in [0.3, 0.4) is 0 Å². The third-order valence-electron chi connectivity index (χ3n) is 5.03. The number of hydrogen-bond acceptors (Lipinski definition) is 3. The van der Waals surface area contributed by atoms with Crippen molar-refractivity contribution in [2.75, 3.05) is 0 Å². The van der Waals surface area contributed by atoms with Crippen LogP contribution >= 0.6 is 11.6 Å². The van der Waals surface area contributed by atoms with E-state index in [1.165, 1.54) is 0 Å². The van der Waals surface area contributed by atoms with E-state index in [1.54, 1.807) is 31.2 Å². The second-order valence-corrected chi connectivity index (χ2v) is 7.77. The van der Waals surface area contributed by atoms with Gasteiger partial charge in [0.1, 0.15) is 5.02 Å². The number of aryl methyl sites for hydroxylation is 1. The Labute approximate surface area is 186 Å². The third kappa shape index (κ3) is 4.18. The first-order chi connectivity index (χ1) is 15.1. The molecule has 0 fully saturated rings. The van der Waals surface area contributed by atoms with Crippen LogP contribution in [0.2, 0.25) is 5.02 Å². The highest BCUT2D eigenvalue weighted by atomic mass is 35.5. The van der Waals surface area contributed by atoms with E-state index in [2.05, 4.69) is 15.4 Å². The first kappa shape index (κ1) is 21.8. The Bertz CT molecular complexity index is 1280. The molecule has 0 saturated heterocycles. The van der Waals surface area contributed by atoms with Crippen LogP contribution in [0.5, 0.6) is 0 Å². The van der Waals surface area contributed by atoms with Gasteiger partial charge in [-0.2, -0.15) is 18.3 Å². The minimum atomic E-state index is -4.74. The average molecular weight is 459 g/mol. The molecule has 2 aromatic heterocycles. The SMILES string of the molecule is Cc1ccc(-c2cc(C(F)(F)F)n3nc(C(=O)N[C@H](C)c4ccccc4)c(Cl)c3n2)cc1. The number of carbonyl (C=O) groups is 1. The quantitative estimate of drug-likeness (QED) is 0.416. The maximum absolute atomic E-state index is 13.8. The fourth-order valence-corrected chi connectivity index (χ4v) is 3.55. The molecule has 0 unspecified atom stereocenters. The lowest BCUT2D eigenvalue weighted by Crippen LogP contribution is -2.27. The van der Waals surface area contributed by atoms with Gasteiger partial charge in [0.15, 0.2) is 17.0 Å². The van der Waals surface area contributed by atoms with Crippen LogP contribution in [0.4, 0.5) is 13.2 Å². The van der Waals surface area contributed by atoms with Crippen molar-refractivity contribution in [3.05, 3.63) is 88.2 Å². The van der Waals surface area contributed by atoms with Crippen LogP contribution in [-0.4, -0.2) is 20.5 Å². The number of halogens is 4. The Morgan fingerprint density at radius 3 is 2.38 bits per heavy atom.